The Bertz CT molecular complexity index is 1810. The molecule has 2 amide bonds. The lowest BCUT2D eigenvalue weighted by atomic mass is 10.0. The van der Waals surface area contributed by atoms with E-state index in [0.29, 0.717) is 23.4 Å². The molecule has 1 aliphatic heterocycles. The van der Waals surface area contributed by atoms with Crippen LogP contribution in [0.1, 0.15) is 44.9 Å². The third kappa shape index (κ3) is 6.25. The number of hydrogen-bond acceptors (Lipinski definition) is 6. The van der Waals surface area contributed by atoms with E-state index in [1.165, 1.54) is 5.56 Å². The van der Waals surface area contributed by atoms with Crippen molar-refractivity contribution in [1.82, 2.24) is 14.8 Å². The summed E-state index contributed by atoms with van der Waals surface area (Å²) in [5.41, 5.74) is 10.6. The van der Waals surface area contributed by atoms with Crippen molar-refractivity contribution in [2.45, 2.75) is 25.9 Å². The minimum Gasteiger partial charge on any atom is -0.451 e. The number of nitrogens with zero attached hydrogens (tertiary/aromatic N) is 4. The summed E-state index contributed by atoms with van der Waals surface area (Å²) in [5.74, 6) is -0.491. The van der Waals surface area contributed by atoms with Crippen LogP contribution in [-0.2, 0) is 13.1 Å². The van der Waals surface area contributed by atoms with Gasteiger partial charge in [-0.3, -0.25) is 14.5 Å². The molecule has 1 fully saturated rings. The van der Waals surface area contributed by atoms with Crippen LogP contribution in [0.3, 0.4) is 0 Å². The van der Waals surface area contributed by atoms with E-state index >= 15 is 0 Å². The van der Waals surface area contributed by atoms with Crippen molar-refractivity contribution < 1.29 is 14.0 Å². The number of primary amides is 1. The van der Waals surface area contributed by atoms with Crippen LogP contribution in [0.4, 0.5) is 5.69 Å². The van der Waals surface area contributed by atoms with E-state index in [-0.39, 0.29) is 11.7 Å². The second-order valence-electron chi connectivity index (χ2n) is 11.0. The Balaban J connectivity index is 1.02. The lowest BCUT2D eigenvalue weighted by Crippen LogP contribution is -2.46. The molecule has 0 atom stereocenters. The monoisotopic (exact) mass is 574 g/mol. The Kier molecular flexibility index (Phi) is 8.11. The first-order chi connectivity index (χ1) is 21.0. The third-order valence-corrected chi connectivity index (χ3v) is 8.19. The van der Waals surface area contributed by atoms with Gasteiger partial charge in [-0.05, 0) is 86.0 Å². The molecule has 0 spiro atoms. The topological polar surface area (TPSA) is 121 Å². The molecule has 0 bridgehead atoms. The average molecular weight is 575 g/mol. The molecule has 9 nitrogen and oxygen atoms in total. The van der Waals surface area contributed by atoms with Gasteiger partial charge in [0.1, 0.15) is 5.58 Å². The molecule has 5 aromatic rings. The molecule has 3 N–H and O–H groups in total. The molecule has 2 aromatic heterocycles. The van der Waals surface area contributed by atoms with Gasteiger partial charge in [0.05, 0.1) is 18.3 Å². The SMILES string of the molecule is N#Cc1ccc2c(c1)c(CCCCN1CCN(c3ccc4oc(C(N)=O)cc4c3)CC1)cn2CNC(=O)c1ccccc1. The van der Waals surface area contributed by atoms with Gasteiger partial charge >= 0.3 is 0 Å². The van der Waals surface area contributed by atoms with Gasteiger partial charge in [-0.25, -0.2) is 0 Å². The fraction of sp³-hybridized carbons (Fsp3) is 0.265. The number of piperazine rings is 1. The highest BCUT2D eigenvalue weighted by molar-refractivity contribution is 5.96. The Morgan fingerprint density at radius 2 is 1.77 bits per heavy atom. The zero-order chi connectivity index (χ0) is 29.8. The number of anilines is 1. The second-order valence-corrected chi connectivity index (χ2v) is 11.0. The molecule has 0 saturated carbocycles. The number of fused-ring (bicyclic) bond motifs is 2. The highest BCUT2D eigenvalue weighted by atomic mass is 16.3. The smallest absolute Gasteiger partial charge is 0.284 e. The Morgan fingerprint density at radius 3 is 2.53 bits per heavy atom. The molecule has 218 valence electrons. The molecule has 1 aliphatic rings. The highest BCUT2D eigenvalue weighted by Crippen LogP contribution is 2.27. The van der Waals surface area contributed by atoms with Crippen molar-refractivity contribution in [1.29, 1.82) is 5.26 Å². The number of amides is 2. The number of aromatic nitrogens is 1. The molecule has 3 aromatic carbocycles. The van der Waals surface area contributed by atoms with Gasteiger partial charge < -0.3 is 24.9 Å². The van der Waals surface area contributed by atoms with Gasteiger partial charge in [0.2, 0.25) is 0 Å². The molecule has 0 radical (unpaired) electrons. The normalized spacial score (nSPS) is 13.8. The van der Waals surface area contributed by atoms with Gasteiger partial charge in [-0.2, -0.15) is 5.26 Å². The van der Waals surface area contributed by atoms with Crippen LogP contribution < -0.4 is 16.0 Å². The minimum atomic E-state index is -0.559. The van der Waals surface area contributed by atoms with Crippen LogP contribution in [0.15, 0.2) is 83.4 Å². The number of rotatable bonds is 10. The largest absolute Gasteiger partial charge is 0.451 e. The number of nitrogens with one attached hydrogen (secondary N) is 1. The number of benzene rings is 3. The first-order valence-electron chi connectivity index (χ1n) is 14.6. The Morgan fingerprint density at radius 1 is 0.953 bits per heavy atom. The standard InChI is InChI=1S/C34H34N6O3/c35-21-24-9-11-30-29(18-24)26(22-40(30)23-37-34(42)25-6-2-1-3-7-25)8-4-5-13-38-14-16-39(17-15-38)28-10-12-31-27(19-28)20-32(43-31)33(36)41/h1-3,6-7,9-12,18-20,22H,4-5,8,13-17,23H2,(H2,36,41)(H,37,42). The van der Waals surface area contributed by atoms with E-state index in [1.807, 2.05) is 48.5 Å². The summed E-state index contributed by atoms with van der Waals surface area (Å²) in [6, 6.07) is 24.9. The molecule has 3 heterocycles. The van der Waals surface area contributed by atoms with E-state index in [4.69, 9.17) is 10.2 Å². The maximum absolute atomic E-state index is 12.6. The van der Waals surface area contributed by atoms with Gasteiger partial charge in [-0.1, -0.05) is 18.2 Å². The van der Waals surface area contributed by atoms with Crippen LogP contribution >= 0.6 is 0 Å². The van der Waals surface area contributed by atoms with Gasteiger partial charge in [-0.15, -0.1) is 0 Å². The number of carbonyl (C=O) groups is 2. The molecule has 0 aliphatic carbocycles. The molecular formula is C34H34N6O3. The maximum Gasteiger partial charge on any atom is 0.284 e. The number of furan rings is 1. The first-order valence-corrected chi connectivity index (χ1v) is 14.6. The Hall–Kier alpha value is -5.07. The number of unbranched alkanes of at least 4 members (excludes halogenated alkanes) is 1. The van der Waals surface area contributed by atoms with Crippen molar-refractivity contribution in [3.8, 4) is 6.07 Å². The number of nitriles is 1. The number of aryl methyl sites for hydroxylation is 1. The molecular weight excluding hydrogens is 540 g/mol. The first kappa shape index (κ1) is 28.1. The van der Waals surface area contributed by atoms with E-state index in [1.54, 1.807) is 18.2 Å². The minimum absolute atomic E-state index is 0.114. The lowest BCUT2D eigenvalue weighted by molar-refractivity contribution is 0.0941. The van der Waals surface area contributed by atoms with Gasteiger partial charge in [0.25, 0.3) is 11.8 Å². The predicted octanol–water partition coefficient (Wildman–Crippen LogP) is 4.89. The molecule has 0 unspecified atom stereocenters. The number of carbonyl (C=O) groups excluding carboxylic acids is 2. The van der Waals surface area contributed by atoms with E-state index in [2.05, 4.69) is 38.0 Å². The summed E-state index contributed by atoms with van der Waals surface area (Å²) in [7, 11) is 0. The van der Waals surface area contributed by atoms with Crippen LogP contribution in [0.2, 0.25) is 0 Å². The van der Waals surface area contributed by atoms with Crippen LogP contribution in [0, 0.1) is 11.3 Å². The van der Waals surface area contributed by atoms with E-state index in [0.717, 1.165) is 74.0 Å². The van der Waals surface area contributed by atoms with Crippen molar-refractivity contribution in [2.24, 2.45) is 5.73 Å². The molecule has 1 saturated heterocycles. The third-order valence-electron chi connectivity index (χ3n) is 8.19. The van der Waals surface area contributed by atoms with Crippen molar-refractivity contribution in [2.75, 3.05) is 37.6 Å². The van der Waals surface area contributed by atoms with Crippen molar-refractivity contribution >= 4 is 39.4 Å². The van der Waals surface area contributed by atoms with E-state index < -0.39 is 5.91 Å². The van der Waals surface area contributed by atoms with Crippen LogP contribution in [0.5, 0.6) is 0 Å². The fourth-order valence-electron chi connectivity index (χ4n) is 5.85. The summed E-state index contributed by atoms with van der Waals surface area (Å²) in [5, 5.41) is 14.4. The number of hydrogen-bond donors (Lipinski definition) is 2. The average Bonchev–Trinajstić information content (AvgIpc) is 3.63. The Labute approximate surface area is 250 Å². The summed E-state index contributed by atoms with van der Waals surface area (Å²) >= 11 is 0. The predicted molar refractivity (Wildman–Crippen MR) is 167 cm³/mol. The lowest BCUT2D eigenvalue weighted by Gasteiger charge is -2.36. The van der Waals surface area contributed by atoms with Gasteiger partial charge in [0, 0.05) is 59.9 Å². The van der Waals surface area contributed by atoms with Crippen molar-refractivity contribution in [3.05, 3.63) is 101 Å². The zero-order valence-electron chi connectivity index (χ0n) is 24.0. The summed E-state index contributed by atoms with van der Waals surface area (Å²) in [6.07, 6.45) is 5.13. The summed E-state index contributed by atoms with van der Waals surface area (Å²) in [4.78, 5) is 28.9. The quantitative estimate of drug-likeness (QED) is 0.229. The molecule has 43 heavy (non-hydrogen) atoms. The zero-order valence-corrected chi connectivity index (χ0v) is 24.0. The van der Waals surface area contributed by atoms with E-state index in [9.17, 15) is 14.9 Å². The molecule has 6 rings (SSSR count). The van der Waals surface area contributed by atoms with Crippen LogP contribution in [0.25, 0.3) is 21.9 Å². The van der Waals surface area contributed by atoms with Crippen LogP contribution in [-0.4, -0.2) is 54.0 Å². The maximum atomic E-state index is 12.6. The summed E-state index contributed by atoms with van der Waals surface area (Å²) < 4.78 is 7.57. The number of nitrogens with two attached hydrogens (primary N) is 1. The summed E-state index contributed by atoms with van der Waals surface area (Å²) in [6.45, 7) is 5.24. The fourth-order valence-corrected chi connectivity index (χ4v) is 5.85. The van der Waals surface area contributed by atoms with Gasteiger partial charge in [0.15, 0.2) is 5.76 Å². The highest BCUT2D eigenvalue weighted by Gasteiger charge is 2.18. The second kappa shape index (κ2) is 12.4. The van der Waals surface area contributed by atoms with Crippen molar-refractivity contribution in [3.63, 3.8) is 0 Å². The molecule has 9 heteroatoms.